The molecule has 1 rings (SSSR count). The zero-order valence-electron chi connectivity index (χ0n) is 7.79. The number of carbonyl (C=O) groups excluding carboxylic acids is 1. The minimum Gasteiger partial charge on any atom is -0.462 e. The molecule has 0 aliphatic carbocycles. The molecule has 4 heteroatoms. The van der Waals surface area contributed by atoms with Gasteiger partial charge < -0.3 is 4.74 Å². The summed E-state index contributed by atoms with van der Waals surface area (Å²) >= 11 is 3.87. The first-order valence-corrected chi connectivity index (χ1v) is 4.75. The van der Waals surface area contributed by atoms with Crippen molar-refractivity contribution < 1.29 is 13.9 Å². The first kappa shape index (κ1) is 11.0. The van der Waals surface area contributed by atoms with E-state index in [0.29, 0.717) is 12.2 Å². The van der Waals surface area contributed by atoms with Gasteiger partial charge in [-0.15, -0.1) is 12.6 Å². The molecule has 0 spiro atoms. The van der Waals surface area contributed by atoms with E-state index in [1.807, 2.05) is 6.92 Å². The fraction of sp³-hybridized carbons (Fsp3) is 0.300. The average Bonchev–Trinajstić information content (AvgIpc) is 2.18. The maximum absolute atomic E-state index is 12.8. The van der Waals surface area contributed by atoms with Gasteiger partial charge in [0.2, 0.25) is 0 Å². The third-order valence-corrected chi connectivity index (χ3v) is 1.96. The highest BCUT2D eigenvalue weighted by Crippen LogP contribution is 2.14. The normalized spacial score (nSPS) is 9.93. The smallest absolute Gasteiger partial charge is 0.338 e. The van der Waals surface area contributed by atoms with Crippen molar-refractivity contribution in [3.8, 4) is 0 Å². The Bertz CT molecular complexity index is 339. The van der Waals surface area contributed by atoms with Crippen molar-refractivity contribution in [3.05, 3.63) is 29.6 Å². The largest absolute Gasteiger partial charge is 0.462 e. The van der Waals surface area contributed by atoms with Gasteiger partial charge in [-0.3, -0.25) is 0 Å². The van der Waals surface area contributed by atoms with Crippen LogP contribution in [0.5, 0.6) is 0 Å². The van der Waals surface area contributed by atoms with Crippen LogP contribution in [-0.2, 0) is 4.74 Å². The molecule has 0 heterocycles. The second-order valence-corrected chi connectivity index (χ2v) is 3.28. The van der Waals surface area contributed by atoms with Gasteiger partial charge in [-0.05, 0) is 24.6 Å². The van der Waals surface area contributed by atoms with Crippen molar-refractivity contribution in [2.24, 2.45) is 0 Å². The van der Waals surface area contributed by atoms with Gasteiger partial charge >= 0.3 is 5.97 Å². The van der Waals surface area contributed by atoms with Gasteiger partial charge in [-0.2, -0.15) is 0 Å². The number of hydrogen-bond donors (Lipinski definition) is 1. The molecule has 0 atom stereocenters. The molecule has 0 aliphatic heterocycles. The first-order chi connectivity index (χ1) is 6.65. The quantitative estimate of drug-likeness (QED) is 0.618. The van der Waals surface area contributed by atoms with Gasteiger partial charge in [-0.25, -0.2) is 9.18 Å². The van der Waals surface area contributed by atoms with Gasteiger partial charge in [-0.1, -0.05) is 6.92 Å². The minimum absolute atomic E-state index is 0.149. The van der Waals surface area contributed by atoms with Crippen LogP contribution < -0.4 is 0 Å². The van der Waals surface area contributed by atoms with E-state index >= 15 is 0 Å². The molecule has 0 saturated carbocycles. The maximum Gasteiger partial charge on any atom is 0.338 e. The van der Waals surface area contributed by atoms with Crippen LogP contribution in [-0.4, -0.2) is 12.6 Å². The van der Waals surface area contributed by atoms with Crippen LogP contribution in [0.2, 0.25) is 0 Å². The van der Waals surface area contributed by atoms with E-state index in [1.165, 1.54) is 18.2 Å². The number of carbonyl (C=O) groups is 1. The number of benzene rings is 1. The van der Waals surface area contributed by atoms with Crippen LogP contribution in [0.4, 0.5) is 4.39 Å². The molecule has 0 bridgehead atoms. The number of ether oxygens (including phenoxy) is 1. The van der Waals surface area contributed by atoms with E-state index < -0.39 is 11.8 Å². The number of esters is 1. The number of rotatable bonds is 3. The molecule has 0 unspecified atom stereocenters. The Balaban J connectivity index is 2.76. The van der Waals surface area contributed by atoms with E-state index in [4.69, 9.17) is 4.74 Å². The van der Waals surface area contributed by atoms with Crippen LogP contribution in [0.15, 0.2) is 23.1 Å². The second kappa shape index (κ2) is 5.00. The summed E-state index contributed by atoms with van der Waals surface area (Å²) in [7, 11) is 0. The van der Waals surface area contributed by atoms with Crippen LogP contribution in [0.3, 0.4) is 0 Å². The third kappa shape index (κ3) is 2.73. The second-order valence-electron chi connectivity index (χ2n) is 2.80. The summed E-state index contributed by atoms with van der Waals surface area (Å²) in [4.78, 5) is 11.4. The van der Waals surface area contributed by atoms with Crippen molar-refractivity contribution >= 4 is 18.6 Å². The summed E-state index contributed by atoms with van der Waals surface area (Å²) in [6.45, 7) is 2.28. The topological polar surface area (TPSA) is 26.3 Å². The molecule has 0 amide bonds. The summed E-state index contributed by atoms with van der Waals surface area (Å²) in [5, 5.41) is 0. The molecule has 14 heavy (non-hydrogen) atoms. The van der Waals surface area contributed by atoms with Gasteiger partial charge in [0.1, 0.15) is 5.82 Å². The van der Waals surface area contributed by atoms with E-state index in [0.717, 1.165) is 6.42 Å². The van der Waals surface area contributed by atoms with Crippen molar-refractivity contribution in [1.82, 2.24) is 0 Å². The van der Waals surface area contributed by atoms with Crippen LogP contribution >= 0.6 is 12.6 Å². The first-order valence-electron chi connectivity index (χ1n) is 4.30. The summed E-state index contributed by atoms with van der Waals surface area (Å²) in [6.07, 6.45) is 0.765. The van der Waals surface area contributed by atoms with Crippen molar-refractivity contribution in [2.45, 2.75) is 18.2 Å². The molecule has 0 N–H and O–H groups in total. The van der Waals surface area contributed by atoms with Crippen molar-refractivity contribution in [3.63, 3.8) is 0 Å². The molecule has 76 valence electrons. The Labute approximate surface area is 87.5 Å². The molecule has 1 aromatic rings. The zero-order chi connectivity index (χ0) is 10.6. The lowest BCUT2D eigenvalue weighted by atomic mass is 10.2. The molecular weight excluding hydrogens is 203 g/mol. The predicted molar refractivity (Wildman–Crippen MR) is 54.2 cm³/mol. The SMILES string of the molecule is CCCOC(=O)c1ccc(F)c(S)c1. The Kier molecular flexibility index (Phi) is 3.95. The minimum atomic E-state index is -0.444. The summed E-state index contributed by atoms with van der Waals surface area (Å²) in [5.41, 5.74) is 0.324. The summed E-state index contributed by atoms with van der Waals surface area (Å²) < 4.78 is 17.7. The zero-order valence-corrected chi connectivity index (χ0v) is 8.68. The Morgan fingerprint density at radius 1 is 1.57 bits per heavy atom. The molecular formula is C10H11FO2S. The number of thiol groups is 1. The molecule has 0 saturated heterocycles. The maximum atomic E-state index is 12.8. The van der Waals surface area contributed by atoms with Gasteiger partial charge in [0.15, 0.2) is 0 Å². The van der Waals surface area contributed by atoms with E-state index in [2.05, 4.69) is 12.6 Å². The van der Waals surface area contributed by atoms with Gasteiger partial charge in [0.05, 0.1) is 12.2 Å². The fourth-order valence-corrected chi connectivity index (χ4v) is 1.13. The monoisotopic (exact) mass is 214 g/mol. The highest BCUT2D eigenvalue weighted by molar-refractivity contribution is 7.80. The van der Waals surface area contributed by atoms with Crippen LogP contribution in [0, 0.1) is 5.82 Å². The van der Waals surface area contributed by atoms with Crippen molar-refractivity contribution in [1.29, 1.82) is 0 Å². The van der Waals surface area contributed by atoms with Crippen LogP contribution in [0.1, 0.15) is 23.7 Å². The van der Waals surface area contributed by atoms with Gasteiger partial charge in [0, 0.05) is 4.90 Å². The summed E-state index contributed by atoms with van der Waals surface area (Å²) in [6, 6.07) is 3.94. The Morgan fingerprint density at radius 2 is 2.29 bits per heavy atom. The number of hydrogen-bond acceptors (Lipinski definition) is 3. The molecule has 0 radical (unpaired) electrons. The molecule has 1 aromatic carbocycles. The van der Waals surface area contributed by atoms with E-state index in [1.54, 1.807) is 0 Å². The molecule has 0 aromatic heterocycles. The van der Waals surface area contributed by atoms with Crippen LogP contribution in [0.25, 0.3) is 0 Å². The fourth-order valence-electron chi connectivity index (χ4n) is 0.918. The van der Waals surface area contributed by atoms with Gasteiger partial charge in [0.25, 0.3) is 0 Å². The average molecular weight is 214 g/mol. The molecule has 0 fully saturated rings. The highest BCUT2D eigenvalue weighted by Gasteiger charge is 2.08. The highest BCUT2D eigenvalue weighted by atomic mass is 32.1. The lowest BCUT2D eigenvalue weighted by Gasteiger charge is -2.03. The van der Waals surface area contributed by atoms with Crippen molar-refractivity contribution in [2.75, 3.05) is 6.61 Å². The lowest BCUT2D eigenvalue weighted by Crippen LogP contribution is -2.05. The molecule has 0 aliphatic rings. The third-order valence-electron chi connectivity index (χ3n) is 1.62. The Morgan fingerprint density at radius 3 is 2.86 bits per heavy atom. The number of halogens is 1. The Hall–Kier alpha value is -1.03. The standard InChI is InChI=1S/C10H11FO2S/c1-2-5-13-10(12)7-3-4-8(11)9(14)6-7/h3-4,6,14H,2,5H2,1H3. The predicted octanol–water partition coefficient (Wildman–Crippen LogP) is 2.68. The van der Waals surface area contributed by atoms with E-state index in [9.17, 15) is 9.18 Å². The summed E-state index contributed by atoms with van der Waals surface area (Å²) in [5.74, 6) is -0.887. The molecule has 2 nitrogen and oxygen atoms in total. The van der Waals surface area contributed by atoms with E-state index in [-0.39, 0.29) is 4.90 Å². The lowest BCUT2D eigenvalue weighted by molar-refractivity contribution is 0.0504.